The van der Waals surface area contributed by atoms with E-state index in [0.717, 1.165) is 0 Å². The van der Waals surface area contributed by atoms with Gasteiger partial charge in [-0.3, -0.25) is 14.6 Å². The van der Waals surface area contributed by atoms with Gasteiger partial charge in [-0.25, -0.2) is 14.6 Å². The molecule has 0 spiro atoms. The fourth-order valence-electron chi connectivity index (χ4n) is 4.49. The van der Waals surface area contributed by atoms with Crippen LogP contribution in [-0.2, 0) is 28.7 Å². The van der Waals surface area contributed by atoms with Crippen LogP contribution >= 0.6 is 0 Å². The van der Waals surface area contributed by atoms with Crippen molar-refractivity contribution < 1.29 is 28.7 Å². The molecule has 222 valence electrons. The summed E-state index contributed by atoms with van der Waals surface area (Å²) in [5.74, 6) is -1.79. The average molecular weight is 585 g/mol. The normalized spacial score (nSPS) is 17.3. The van der Waals surface area contributed by atoms with Crippen LogP contribution in [-0.4, -0.2) is 97.9 Å². The molecular weight excluding hydrogens is 552 g/mol. The van der Waals surface area contributed by atoms with Crippen LogP contribution in [0.5, 0.6) is 0 Å². The van der Waals surface area contributed by atoms with Crippen LogP contribution in [0.25, 0.3) is 16.7 Å². The van der Waals surface area contributed by atoms with Crippen molar-refractivity contribution in [2.45, 2.75) is 6.92 Å². The average Bonchev–Trinajstić information content (AvgIpc) is 3.81. The van der Waals surface area contributed by atoms with Gasteiger partial charge in [0.05, 0.1) is 59.0 Å². The molecular formula is C31H32N6O6. The van der Waals surface area contributed by atoms with Crippen LogP contribution in [0.4, 0.5) is 0 Å². The minimum absolute atomic E-state index is 0.123. The van der Waals surface area contributed by atoms with Crippen LogP contribution in [0.3, 0.4) is 0 Å². The molecule has 4 heterocycles. The number of hydrogen-bond acceptors (Lipinski definition) is 8. The maximum absolute atomic E-state index is 13.5. The van der Waals surface area contributed by atoms with Gasteiger partial charge in [0, 0.05) is 40.0 Å². The van der Waals surface area contributed by atoms with Crippen molar-refractivity contribution in [2.75, 3.05) is 42.4 Å². The van der Waals surface area contributed by atoms with E-state index in [4.69, 9.17) is 9.47 Å². The minimum Gasteiger partial charge on any atom is -0.465 e. The predicted octanol–water partition coefficient (Wildman–Crippen LogP) is 0.851. The molecule has 0 aliphatic carbocycles. The maximum Gasteiger partial charge on any atom is 0.342 e. The summed E-state index contributed by atoms with van der Waals surface area (Å²) in [5.41, 5.74) is 2.96. The topological polar surface area (TPSA) is 150 Å². The van der Waals surface area contributed by atoms with Gasteiger partial charge in [-0.1, -0.05) is 0 Å². The summed E-state index contributed by atoms with van der Waals surface area (Å²) in [5, 5.41) is 0.744. The molecule has 2 aliphatic heterocycles. The highest BCUT2D eigenvalue weighted by molar-refractivity contribution is 6.44. The second kappa shape index (κ2) is 12.6. The third kappa shape index (κ3) is 6.08. The Labute approximate surface area is 247 Å². The zero-order valence-electron chi connectivity index (χ0n) is 24.9. The minimum atomic E-state index is -0.656. The zero-order chi connectivity index (χ0) is 31.4. The van der Waals surface area contributed by atoms with Gasteiger partial charge in [-0.05, 0) is 55.5 Å². The lowest BCUT2D eigenvalue weighted by Gasteiger charge is -2.12. The van der Waals surface area contributed by atoms with Crippen molar-refractivity contribution in [1.82, 2.24) is 19.8 Å². The number of esters is 2. The van der Waals surface area contributed by atoms with Crippen LogP contribution in [0.1, 0.15) is 18.3 Å². The van der Waals surface area contributed by atoms with E-state index in [-0.39, 0.29) is 28.5 Å². The second-order valence-electron chi connectivity index (χ2n) is 9.94. The molecule has 0 atom stereocenters. The Kier molecular flexibility index (Phi) is 8.89. The fraction of sp³-hybridized carbons (Fsp3) is 0.226. The number of carbonyl (C=O) groups is 4. The molecule has 0 radical (unpaired) electrons. The van der Waals surface area contributed by atoms with E-state index in [1.165, 1.54) is 24.0 Å². The van der Waals surface area contributed by atoms with E-state index in [1.807, 2.05) is 0 Å². The summed E-state index contributed by atoms with van der Waals surface area (Å²) in [6.45, 7) is 1.66. The second-order valence-corrected chi connectivity index (χ2v) is 9.94. The van der Waals surface area contributed by atoms with Gasteiger partial charge in [-0.15, -0.1) is 0 Å². The molecule has 2 aromatic heterocycles. The number of nitrogens with one attached hydrogen (secondary N) is 2. The molecule has 4 rings (SSSR count). The lowest BCUT2D eigenvalue weighted by molar-refractivity contribution is -0.134. The van der Waals surface area contributed by atoms with Crippen molar-refractivity contribution in [3.63, 3.8) is 0 Å². The van der Waals surface area contributed by atoms with Gasteiger partial charge in [0.15, 0.2) is 0 Å². The Bertz CT molecular complexity index is 1810. The van der Waals surface area contributed by atoms with Crippen LogP contribution in [0.15, 0.2) is 75.5 Å². The number of allylic oxidation sites excluding steroid dienone is 4. The molecule has 2 aromatic rings. The molecule has 2 amide bonds. The Morgan fingerprint density at radius 2 is 1.28 bits per heavy atom. The van der Waals surface area contributed by atoms with Crippen molar-refractivity contribution >= 4 is 52.4 Å². The number of likely N-dealkylation sites (N-methyl/N-ethyl adjacent to an activating group) is 2. The van der Waals surface area contributed by atoms with Crippen molar-refractivity contribution in [2.24, 2.45) is 9.98 Å². The maximum atomic E-state index is 13.5. The number of hydrogen-bond donors (Lipinski definition) is 2. The first-order chi connectivity index (χ1) is 20.5. The number of aromatic amines is 2. The van der Waals surface area contributed by atoms with Crippen molar-refractivity contribution in [3.8, 4) is 0 Å². The summed E-state index contributed by atoms with van der Waals surface area (Å²) in [6.07, 6.45) is 8.24. The number of amides is 2. The van der Waals surface area contributed by atoms with Gasteiger partial charge in [0.25, 0.3) is 11.8 Å². The van der Waals surface area contributed by atoms with Gasteiger partial charge in [0.1, 0.15) is 11.1 Å². The number of nitrogens with zero attached hydrogens (tertiary/aromatic N) is 4. The standard InChI is InChI=1S/C31H32N6O6/c1-17(28(38)36(2)3)18-10-11-23(33-18)27(31(41)43-7)24-15-13-21(35-24)25(29(39)37(4)5)20-12-14-22(34-20)26(30(40)42-6)19-9-8-16-32-19/h8-16,34-35H,1-7H3/b18-17+,25-21+,26-19+,27-24?. The van der Waals surface area contributed by atoms with E-state index < -0.39 is 11.9 Å². The lowest BCUT2D eigenvalue weighted by atomic mass is 10.1. The quantitative estimate of drug-likeness (QED) is 0.364. The highest BCUT2D eigenvalue weighted by atomic mass is 16.5. The Hall–Kier alpha value is -5.52. The van der Waals surface area contributed by atoms with Crippen LogP contribution in [0.2, 0.25) is 0 Å². The number of methoxy groups -OCH3 is 2. The molecule has 12 nitrogen and oxygen atoms in total. The number of aromatic nitrogens is 2. The molecule has 43 heavy (non-hydrogen) atoms. The smallest absolute Gasteiger partial charge is 0.342 e. The van der Waals surface area contributed by atoms with Crippen molar-refractivity contribution in [1.29, 1.82) is 0 Å². The summed E-state index contributed by atoms with van der Waals surface area (Å²) in [7, 11) is 9.06. The number of ether oxygens (including phenoxy) is 2. The highest BCUT2D eigenvalue weighted by Gasteiger charge is 2.25. The van der Waals surface area contributed by atoms with Gasteiger partial charge in [0.2, 0.25) is 0 Å². The lowest BCUT2D eigenvalue weighted by Crippen LogP contribution is -2.30. The summed E-state index contributed by atoms with van der Waals surface area (Å²) in [4.78, 5) is 69.5. The van der Waals surface area contributed by atoms with E-state index in [9.17, 15) is 19.2 Å². The monoisotopic (exact) mass is 584 g/mol. The van der Waals surface area contributed by atoms with E-state index in [2.05, 4.69) is 20.0 Å². The van der Waals surface area contributed by atoms with E-state index >= 15 is 0 Å². The predicted molar refractivity (Wildman–Crippen MR) is 162 cm³/mol. The van der Waals surface area contributed by atoms with E-state index in [0.29, 0.717) is 44.8 Å². The molecule has 0 bridgehead atoms. The molecule has 2 aliphatic rings. The first-order valence-electron chi connectivity index (χ1n) is 13.1. The summed E-state index contributed by atoms with van der Waals surface area (Å²) in [6, 6.07) is 6.65. The zero-order valence-corrected chi connectivity index (χ0v) is 24.9. The largest absolute Gasteiger partial charge is 0.465 e. The summed E-state index contributed by atoms with van der Waals surface area (Å²) >= 11 is 0. The molecule has 0 saturated heterocycles. The molecule has 0 aromatic carbocycles. The number of aliphatic imine (C=N–C) groups is 2. The highest BCUT2D eigenvalue weighted by Crippen LogP contribution is 2.25. The van der Waals surface area contributed by atoms with Gasteiger partial charge >= 0.3 is 11.9 Å². The Balaban J connectivity index is 1.93. The summed E-state index contributed by atoms with van der Waals surface area (Å²) < 4.78 is 10.0. The van der Waals surface area contributed by atoms with Gasteiger partial charge in [-0.2, -0.15) is 0 Å². The number of rotatable bonds is 7. The fourth-order valence-corrected chi connectivity index (χ4v) is 4.49. The third-order valence-electron chi connectivity index (χ3n) is 6.67. The van der Waals surface area contributed by atoms with Crippen LogP contribution < -0.4 is 10.7 Å². The van der Waals surface area contributed by atoms with Crippen LogP contribution in [0, 0.1) is 0 Å². The molecule has 0 fully saturated rings. The number of H-pyrrole nitrogens is 2. The first kappa shape index (κ1) is 30.4. The molecule has 0 saturated carbocycles. The third-order valence-corrected chi connectivity index (χ3v) is 6.67. The van der Waals surface area contributed by atoms with Gasteiger partial charge < -0.3 is 29.2 Å². The Morgan fingerprint density at radius 1 is 0.698 bits per heavy atom. The van der Waals surface area contributed by atoms with E-state index in [1.54, 1.807) is 89.9 Å². The molecule has 2 N–H and O–H groups in total. The van der Waals surface area contributed by atoms with Crippen molar-refractivity contribution in [3.05, 3.63) is 87.6 Å². The number of carbonyl (C=O) groups excluding carboxylic acids is 4. The Morgan fingerprint density at radius 3 is 1.84 bits per heavy atom. The molecule has 12 heteroatoms. The molecule has 0 unspecified atom stereocenters. The first-order valence-corrected chi connectivity index (χ1v) is 13.1. The SMILES string of the molecule is COC(=O)C(C1=N/C(=C(\C)C(=O)N(C)C)C=C1)=c1cc/c(=C(\C(=O)N(C)C)c2ccc(/C(C(=O)OC)=C3/C=CC=N3)[nH]2)[nH]1.